The van der Waals surface area contributed by atoms with Crippen LogP contribution in [0.5, 0.6) is 5.75 Å². The number of sulfonamides is 1. The molecule has 8 nitrogen and oxygen atoms in total. The number of rotatable bonds is 7. The Hall–Kier alpha value is -3.07. The Bertz CT molecular complexity index is 1050. The van der Waals surface area contributed by atoms with E-state index >= 15 is 0 Å². The molecule has 0 aromatic heterocycles. The molecular weight excluding hydrogens is 430 g/mol. The molecule has 1 heterocycles. The number of likely N-dealkylation sites (tertiary alicyclic amines) is 1. The van der Waals surface area contributed by atoms with Gasteiger partial charge in [-0.25, -0.2) is 8.42 Å². The van der Waals surface area contributed by atoms with Gasteiger partial charge < -0.3 is 15.0 Å². The Morgan fingerprint density at radius 1 is 1.00 bits per heavy atom. The van der Waals surface area contributed by atoms with Crippen molar-refractivity contribution in [2.24, 2.45) is 0 Å². The van der Waals surface area contributed by atoms with Crippen LogP contribution in [0.3, 0.4) is 0 Å². The third-order valence-electron chi connectivity index (χ3n) is 5.39. The first-order chi connectivity index (χ1) is 15.3. The highest BCUT2D eigenvalue weighted by atomic mass is 32.2. The van der Waals surface area contributed by atoms with Crippen LogP contribution in [0.25, 0.3) is 0 Å². The number of anilines is 2. The van der Waals surface area contributed by atoms with E-state index in [0.717, 1.165) is 49.3 Å². The summed E-state index contributed by atoms with van der Waals surface area (Å²) in [5.41, 5.74) is 1.42. The molecule has 2 amide bonds. The van der Waals surface area contributed by atoms with Crippen LogP contribution in [0.1, 0.15) is 36.0 Å². The van der Waals surface area contributed by atoms with Gasteiger partial charge in [0, 0.05) is 20.1 Å². The predicted molar refractivity (Wildman–Crippen MR) is 125 cm³/mol. The largest absolute Gasteiger partial charge is 0.484 e. The summed E-state index contributed by atoms with van der Waals surface area (Å²) < 4.78 is 29.9. The minimum absolute atomic E-state index is 0.0747. The number of carbonyl (C=O) groups excluding carboxylic acids is 2. The van der Waals surface area contributed by atoms with Crippen LogP contribution in [0.2, 0.25) is 0 Å². The number of para-hydroxylation sites is 1. The topological polar surface area (TPSA) is 96.0 Å². The number of nitrogens with one attached hydrogen (secondary N) is 1. The van der Waals surface area contributed by atoms with Crippen LogP contribution in [0, 0.1) is 0 Å². The van der Waals surface area contributed by atoms with E-state index in [1.54, 1.807) is 48.5 Å². The molecule has 0 aliphatic carbocycles. The molecule has 1 aliphatic heterocycles. The number of hydrogen-bond donors (Lipinski definition) is 1. The first kappa shape index (κ1) is 23.6. The molecule has 2 aromatic carbocycles. The maximum Gasteiger partial charge on any atom is 0.262 e. The van der Waals surface area contributed by atoms with Crippen LogP contribution in [-0.2, 0) is 14.8 Å². The lowest BCUT2D eigenvalue weighted by Gasteiger charge is -2.22. The molecule has 32 heavy (non-hydrogen) atoms. The Morgan fingerprint density at radius 3 is 2.25 bits per heavy atom. The molecular formula is C23H29N3O5S. The second-order valence-corrected chi connectivity index (χ2v) is 9.83. The van der Waals surface area contributed by atoms with Crippen molar-refractivity contribution in [2.75, 3.05) is 42.6 Å². The van der Waals surface area contributed by atoms with Gasteiger partial charge in [-0.1, -0.05) is 25.0 Å². The van der Waals surface area contributed by atoms with Crippen molar-refractivity contribution in [3.8, 4) is 5.75 Å². The van der Waals surface area contributed by atoms with Crippen molar-refractivity contribution in [3.05, 3.63) is 54.1 Å². The van der Waals surface area contributed by atoms with Crippen LogP contribution >= 0.6 is 0 Å². The minimum Gasteiger partial charge on any atom is -0.484 e. The SMILES string of the molecule is CN(c1ccc(OCC(=O)Nc2ccccc2C(=O)N2CCCCCC2)cc1)S(C)(=O)=O. The average Bonchev–Trinajstić information content (AvgIpc) is 3.06. The number of amides is 2. The van der Waals surface area contributed by atoms with E-state index in [2.05, 4.69) is 5.32 Å². The molecule has 172 valence electrons. The van der Waals surface area contributed by atoms with Gasteiger partial charge in [0.25, 0.3) is 11.8 Å². The zero-order chi connectivity index (χ0) is 23.1. The molecule has 3 rings (SSSR count). The van der Waals surface area contributed by atoms with Crippen molar-refractivity contribution in [2.45, 2.75) is 25.7 Å². The molecule has 2 aromatic rings. The molecule has 0 unspecified atom stereocenters. The second-order valence-electron chi connectivity index (χ2n) is 7.81. The fraction of sp³-hybridized carbons (Fsp3) is 0.391. The number of hydrogen-bond acceptors (Lipinski definition) is 5. The average molecular weight is 460 g/mol. The van der Waals surface area contributed by atoms with E-state index in [4.69, 9.17) is 4.74 Å². The van der Waals surface area contributed by atoms with E-state index in [1.165, 1.54) is 7.05 Å². The molecule has 1 aliphatic rings. The predicted octanol–water partition coefficient (Wildman–Crippen LogP) is 3.12. The summed E-state index contributed by atoms with van der Waals surface area (Å²) in [6, 6.07) is 13.4. The standard InChI is InChI=1S/C23H29N3O5S/c1-25(32(2,29)30)18-11-13-19(14-12-18)31-17-22(27)24-21-10-6-5-9-20(21)23(28)26-15-7-3-4-8-16-26/h5-6,9-14H,3-4,7-8,15-17H2,1-2H3,(H,24,27). The van der Waals surface area contributed by atoms with E-state index in [1.807, 2.05) is 4.90 Å². The third kappa shape index (κ3) is 6.23. The van der Waals surface area contributed by atoms with Crippen molar-refractivity contribution >= 4 is 33.2 Å². The number of benzene rings is 2. The fourth-order valence-electron chi connectivity index (χ4n) is 3.50. The number of nitrogens with zero attached hydrogens (tertiary/aromatic N) is 2. The van der Waals surface area contributed by atoms with Gasteiger partial charge in [0.15, 0.2) is 6.61 Å². The highest BCUT2D eigenvalue weighted by Gasteiger charge is 2.20. The van der Waals surface area contributed by atoms with Crippen molar-refractivity contribution in [3.63, 3.8) is 0 Å². The molecule has 1 fully saturated rings. The summed E-state index contributed by atoms with van der Waals surface area (Å²) in [6.07, 6.45) is 5.37. The van der Waals surface area contributed by atoms with Gasteiger partial charge in [0.1, 0.15) is 5.75 Å². The van der Waals surface area contributed by atoms with Gasteiger partial charge in [-0.15, -0.1) is 0 Å². The number of carbonyl (C=O) groups is 2. The Balaban J connectivity index is 1.60. The second kappa shape index (κ2) is 10.5. The van der Waals surface area contributed by atoms with Crippen molar-refractivity contribution in [1.29, 1.82) is 0 Å². The minimum atomic E-state index is -3.35. The van der Waals surface area contributed by atoms with E-state index in [0.29, 0.717) is 22.7 Å². The number of ether oxygens (including phenoxy) is 1. The maximum absolute atomic E-state index is 13.0. The molecule has 0 radical (unpaired) electrons. The summed E-state index contributed by atoms with van der Waals surface area (Å²) in [4.78, 5) is 27.3. The van der Waals surface area contributed by atoms with Gasteiger partial charge in [-0.2, -0.15) is 0 Å². The first-order valence-corrected chi connectivity index (χ1v) is 12.5. The lowest BCUT2D eigenvalue weighted by Crippen LogP contribution is -2.33. The highest BCUT2D eigenvalue weighted by molar-refractivity contribution is 7.92. The fourth-order valence-corrected chi connectivity index (χ4v) is 4.01. The monoisotopic (exact) mass is 459 g/mol. The Labute approximate surface area is 189 Å². The quantitative estimate of drug-likeness (QED) is 0.686. The van der Waals surface area contributed by atoms with E-state index < -0.39 is 15.9 Å². The lowest BCUT2D eigenvalue weighted by molar-refractivity contribution is -0.118. The van der Waals surface area contributed by atoms with Gasteiger partial charge >= 0.3 is 0 Å². The van der Waals surface area contributed by atoms with E-state index in [-0.39, 0.29) is 12.5 Å². The zero-order valence-electron chi connectivity index (χ0n) is 18.4. The summed E-state index contributed by atoms with van der Waals surface area (Å²) in [5, 5.41) is 2.77. The van der Waals surface area contributed by atoms with Crippen molar-refractivity contribution in [1.82, 2.24) is 4.90 Å². The smallest absolute Gasteiger partial charge is 0.262 e. The summed E-state index contributed by atoms with van der Waals surface area (Å²) in [7, 11) is -1.89. The van der Waals surface area contributed by atoms with Crippen LogP contribution < -0.4 is 14.4 Å². The van der Waals surface area contributed by atoms with E-state index in [9.17, 15) is 18.0 Å². The summed E-state index contributed by atoms with van der Waals surface area (Å²) in [5.74, 6) is -0.0347. The van der Waals surface area contributed by atoms with Crippen molar-refractivity contribution < 1.29 is 22.7 Å². The molecule has 0 bridgehead atoms. The van der Waals surface area contributed by atoms with Crippen LogP contribution in [0.15, 0.2) is 48.5 Å². The zero-order valence-corrected chi connectivity index (χ0v) is 19.2. The van der Waals surface area contributed by atoms with Crippen LogP contribution in [0.4, 0.5) is 11.4 Å². The molecule has 1 saturated heterocycles. The molecule has 1 N–H and O–H groups in total. The van der Waals surface area contributed by atoms with Gasteiger partial charge in [0.05, 0.1) is 23.2 Å². The Kier molecular flexibility index (Phi) is 7.74. The summed E-state index contributed by atoms with van der Waals surface area (Å²) in [6.45, 7) is 1.22. The normalized spacial score (nSPS) is 14.4. The first-order valence-electron chi connectivity index (χ1n) is 10.6. The Morgan fingerprint density at radius 2 is 1.62 bits per heavy atom. The maximum atomic E-state index is 13.0. The van der Waals surface area contributed by atoms with Gasteiger partial charge in [-0.3, -0.25) is 13.9 Å². The molecule has 0 spiro atoms. The van der Waals surface area contributed by atoms with Crippen LogP contribution in [-0.4, -0.2) is 58.1 Å². The third-order valence-corrected chi connectivity index (χ3v) is 6.60. The highest BCUT2D eigenvalue weighted by Crippen LogP contribution is 2.22. The summed E-state index contributed by atoms with van der Waals surface area (Å²) >= 11 is 0. The lowest BCUT2D eigenvalue weighted by atomic mass is 10.1. The molecule has 0 atom stereocenters. The van der Waals surface area contributed by atoms with Gasteiger partial charge in [0.2, 0.25) is 10.0 Å². The molecule has 9 heteroatoms. The molecule has 0 saturated carbocycles. The van der Waals surface area contributed by atoms with Gasteiger partial charge in [-0.05, 0) is 49.2 Å².